The molecule has 0 atom stereocenters. The molecule has 0 radical (unpaired) electrons. The van der Waals surface area contributed by atoms with Crippen molar-refractivity contribution in [2.45, 2.75) is 63.5 Å². The van der Waals surface area contributed by atoms with Gasteiger partial charge in [-0.1, -0.05) is 6.07 Å². The van der Waals surface area contributed by atoms with Crippen LogP contribution in [0.5, 0.6) is 0 Å². The van der Waals surface area contributed by atoms with E-state index in [2.05, 4.69) is 20.1 Å². The maximum Gasteiger partial charge on any atom is 0.314 e. The maximum absolute atomic E-state index is 14.2. The van der Waals surface area contributed by atoms with Gasteiger partial charge in [-0.25, -0.2) is 18.2 Å². The van der Waals surface area contributed by atoms with Gasteiger partial charge in [-0.05, 0) is 69.1 Å². The van der Waals surface area contributed by atoms with Gasteiger partial charge in [0, 0.05) is 48.4 Å². The molecular formula is C29H29F5N6O2. The monoisotopic (exact) mass is 588 g/mol. The van der Waals surface area contributed by atoms with Crippen LogP contribution < -0.4 is 4.90 Å². The van der Waals surface area contributed by atoms with E-state index in [9.17, 15) is 26.7 Å². The van der Waals surface area contributed by atoms with E-state index in [4.69, 9.17) is 4.42 Å². The van der Waals surface area contributed by atoms with Crippen LogP contribution in [0.15, 0.2) is 53.2 Å². The molecule has 2 aliphatic rings. The number of anilines is 1. The van der Waals surface area contributed by atoms with Crippen LogP contribution in [0.2, 0.25) is 0 Å². The first-order valence-electron chi connectivity index (χ1n) is 13.9. The average molecular weight is 589 g/mol. The smallest absolute Gasteiger partial charge is 0.314 e. The molecule has 1 saturated heterocycles. The molecule has 8 nitrogen and oxygen atoms in total. The number of nitrogens with zero attached hydrogens (tertiary/aromatic N) is 6. The predicted molar refractivity (Wildman–Crippen MR) is 143 cm³/mol. The van der Waals surface area contributed by atoms with Gasteiger partial charge < -0.3 is 18.6 Å². The lowest BCUT2D eigenvalue weighted by Crippen LogP contribution is -2.47. The Morgan fingerprint density at radius 1 is 1.07 bits per heavy atom. The molecule has 0 N–H and O–H groups in total. The van der Waals surface area contributed by atoms with E-state index in [-0.39, 0.29) is 43.1 Å². The fourth-order valence-corrected chi connectivity index (χ4v) is 5.91. The molecule has 3 aromatic heterocycles. The number of alkyl halides is 4. The van der Waals surface area contributed by atoms with Crippen molar-refractivity contribution < 1.29 is 31.2 Å². The second-order valence-corrected chi connectivity index (χ2v) is 11.0. The van der Waals surface area contributed by atoms with Crippen LogP contribution in [0.4, 0.5) is 27.6 Å². The Bertz CT molecular complexity index is 1550. The molecule has 1 aromatic carbocycles. The predicted octanol–water partition coefficient (Wildman–Crippen LogP) is 6.28. The number of hydrogen-bond acceptors (Lipinski definition) is 6. The SMILES string of the molecule is O=C(C1CCN(C2CCC(F)(F)CC2)CC1)N(Cc1cn2ccc(-c3nnc(C(F)F)o3)cc2n1)c1cccc(F)c1. The average Bonchev–Trinajstić information content (AvgIpc) is 3.63. The first-order chi connectivity index (χ1) is 20.1. The van der Waals surface area contributed by atoms with Gasteiger partial charge in [0.2, 0.25) is 17.7 Å². The number of rotatable bonds is 7. The molecule has 4 heterocycles. The molecule has 0 bridgehead atoms. The van der Waals surface area contributed by atoms with E-state index in [1.165, 1.54) is 17.0 Å². The lowest BCUT2D eigenvalue weighted by Gasteiger charge is -2.41. The number of carbonyl (C=O) groups excluding carboxylic acids is 1. The molecule has 1 amide bonds. The molecule has 1 aliphatic carbocycles. The first kappa shape index (κ1) is 28.3. The molecule has 13 heteroatoms. The van der Waals surface area contributed by atoms with E-state index in [1.54, 1.807) is 41.1 Å². The van der Waals surface area contributed by atoms with Crippen molar-refractivity contribution in [1.29, 1.82) is 0 Å². The number of piperidine rings is 1. The van der Waals surface area contributed by atoms with E-state index < -0.39 is 24.1 Å². The Hall–Kier alpha value is -3.87. The molecule has 0 unspecified atom stereocenters. The third-order valence-electron chi connectivity index (χ3n) is 8.17. The number of carbonyl (C=O) groups is 1. The Balaban J connectivity index is 1.19. The third kappa shape index (κ3) is 6.01. The third-order valence-corrected chi connectivity index (χ3v) is 8.17. The first-order valence-corrected chi connectivity index (χ1v) is 13.9. The summed E-state index contributed by atoms with van der Waals surface area (Å²) in [6.07, 6.45) is 2.39. The molecule has 1 aliphatic heterocycles. The molecule has 6 rings (SSSR count). The van der Waals surface area contributed by atoms with Gasteiger partial charge in [-0.2, -0.15) is 8.78 Å². The minimum atomic E-state index is -2.88. The number of hydrogen-bond donors (Lipinski definition) is 0. The highest BCUT2D eigenvalue weighted by atomic mass is 19.3. The lowest BCUT2D eigenvalue weighted by atomic mass is 9.88. The zero-order valence-corrected chi connectivity index (χ0v) is 22.6. The van der Waals surface area contributed by atoms with Gasteiger partial charge in [0.15, 0.2) is 0 Å². The van der Waals surface area contributed by atoms with E-state index in [1.807, 2.05) is 0 Å². The van der Waals surface area contributed by atoms with Crippen LogP contribution in [0, 0.1) is 11.7 Å². The highest BCUT2D eigenvalue weighted by Crippen LogP contribution is 2.37. The Kier molecular flexibility index (Phi) is 7.69. The van der Waals surface area contributed by atoms with Crippen LogP contribution >= 0.6 is 0 Å². The van der Waals surface area contributed by atoms with E-state index >= 15 is 0 Å². The van der Waals surface area contributed by atoms with Crippen LogP contribution in [-0.2, 0) is 11.3 Å². The number of imidazole rings is 1. The Morgan fingerprint density at radius 2 is 1.83 bits per heavy atom. The van der Waals surface area contributed by atoms with Crippen LogP contribution in [0.1, 0.15) is 56.5 Å². The normalized spacial score (nSPS) is 18.6. The zero-order chi connectivity index (χ0) is 29.4. The summed E-state index contributed by atoms with van der Waals surface area (Å²) >= 11 is 0. The summed E-state index contributed by atoms with van der Waals surface area (Å²) in [7, 11) is 0. The van der Waals surface area contributed by atoms with Gasteiger partial charge >= 0.3 is 6.43 Å². The minimum absolute atomic E-state index is 0.0674. The second-order valence-electron chi connectivity index (χ2n) is 11.0. The summed E-state index contributed by atoms with van der Waals surface area (Å²) in [5.74, 6) is -4.36. The zero-order valence-electron chi connectivity index (χ0n) is 22.6. The highest BCUT2D eigenvalue weighted by molar-refractivity contribution is 5.95. The number of pyridine rings is 1. The molecule has 4 aromatic rings. The summed E-state index contributed by atoms with van der Waals surface area (Å²) in [6, 6.07) is 9.16. The van der Waals surface area contributed by atoms with E-state index in [0.717, 1.165) is 0 Å². The minimum Gasteiger partial charge on any atom is -0.415 e. The topological polar surface area (TPSA) is 79.8 Å². The van der Waals surface area contributed by atoms with Crippen LogP contribution in [0.25, 0.3) is 17.1 Å². The summed E-state index contributed by atoms with van der Waals surface area (Å²) < 4.78 is 74.0. The summed E-state index contributed by atoms with van der Waals surface area (Å²) in [6.45, 7) is 1.36. The van der Waals surface area contributed by atoms with Gasteiger partial charge in [0.05, 0.1) is 12.2 Å². The molecule has 1 saturated carbocycles. The fraction of sp³-hybridized carbons (Fsp3) is 0.448. The lowest BCUT2D eigenvalue weighted by molar-refractivity contribution is -0.124. The van der Waals surface area contributed by atoms with Crippen molar-refractivity contribution in [2.24, 2.45) is 5.92 Å². The number of benzene rings is 1. The highest BCUT2D eigenvalue weighted by Gasteiger charge is 2.39. The quantitative estimate of drug-likeness (QED) is 0.236. The fourth-order valence-electron chi connectivity index (χ4n) is 5.91. The van der Waals surface area contributed by atoms with Gasteiger partial charge in [0.1, 0.15) is 11.5 Å². The Labute approximate surface area is 238 Å². The van der Waals surface area contributed by atoms with Gasteiger partial charge in [0.25, 0.3) is 5.89 Å². The number of amides is 1. The number of likely N-dealkylation sites (tertiary alicyclic amines) is 1. The summed E-state index contributed by atoms with van der Waals surface area (Å²) in [5, 5.41) is 7.03. The standard InChI is InChI=1S/C29H29F5N6O2/c30-20-2-1-3-23(15-20)40(28(41)18-6-11-38(12-7-18)22-4-9-29(33,34)10-5-22)17-21-16-39-13-8-19(14-24(39)35-21)26-36-37-27(42-26)25(31)32/h1-3,8,13-16,18,22,25H,4-7,9-12,17H2. The summed E-state index contributed by atoms with van der Waals surface area (Å²) in [5.41, 5.74) is 1.81. The van der Waals surface area contributed by atoms with Gasteiger partial charge in [-0.15, -0.1) is 10.2 Å². The van der Waals surface area contributed by atoms with Crippen molar-refractivity contribution in [3.8, 4) is 11.5 Å². The Morgan fingerprint density at radius 3 is 2.52 bits per heavy atom. The van der Waals surface area contributed by atoms with Crippen molar-refractivity contribution in [3.63, 3.8) is 0 Å². The van der Waals surface area contributed by atoms with Crippen molar-refractivity contribution in [2.75, 3.05) is 18.0 Å². The number of halogens is 5. The van der Waals surface area contributed by atoms with E-state index in [0.29, 0.717) is 61.4 Å². The molecule has 2 fully saturated rings. The largest absolute Gasteiger partial charge is 0.415 e. The molecule has 222 valence electrons. The number of aromatic nitrogens is 4. The second kappa shape index (κ2) is 11.4. The maximum atomic E-state index is 14.2. The molecule has 42 heavy (non-hydrogen) atoms. The van der Waals surface area contributed by atoms with Crippen molar-refractivity contribution in [1.82, 2.24) is 24.5 Å². The molecule has 0 spiro atoms. The molecular weight excluding hydrogens is 559 g/mol. The van der Waals surface area contributed by atoms with Gasteiger partial charge in [-0.3, -0.25) is 4.79 Å². The van der Waals surface area contributed by atoms with Crippen LogP contribution in [-0.4, -0.2) is 55.4 Å². The van der Waals surface area contributed by atoms with Crippen LogP contribution in [0.3, 0.4) is 0 Å². The van der Waals surface area contributed by atoms with Crippen molar-refractivity contribution in [3.05, 3.63) is 66.2 Å². The number of fused-ring (bicyclic) bond motifs is 1. The van der Waals surface area contributed by atoms with Crippen molar-refractivity contribution >= 4 is 17.2 Å². The summed E-state index contributed by atoms with van der Waals surface area (Å²) in [4.78, 5) is 22.2.